The Kier molecular flexibility index (Phi) is 4.65. The number of halogens is 1. The predicted molar refractivity (Wildman–Crippen MR) is 74.1 cm³/mol. The highest BCUT2D eigenvalue weighted by atomic mass is 35.5. The van der Waals surface area contributed by atoms with Gasteiger partial charge in [0.05, 0.1) is 5.75 Å². The summed E-state index contributed by atoms with van der Waals surface area (Å²) in [6, 6.07) is 7.06. The van der Waals surface area contributed by atoms with Crippen molar-refractivity contribution in [2.75, 3.05) is 0 Å². The average Bonchev–Trinajstić information content (AvgIpc) is 2.32. The summed E-state index contributed by atoms with van der Waals surface area (Å²) in [5.74, 6) is 0.0284. The molecule has 0 atom stereocenters. The summed E-state index contributed by atoms with van der Waals surface area (Å²) in [4.78, 5) is 0. The van der Waals surface area contributed by atoms with Crippen LogP contribution in [0.2, 0.25) is 5.02 Å². The predicted octanol–water partition coefficient (Wildman–Crippen LogP) is 3.09. The van der Waals surface area contributed by atoms with Crippen molar-refractivity contribution in [3.05, 3.63) is 34.9 Å². The van der Waals surface area contributed by atoms with E-state index in [1.54, 1.807) is 24.3 Å². The van der Waals surface area contributed by atoms with Gasteiger partial charge in [0.1, 0.15) is 0 Å². The van der Waals surface area contributed by atoms with Gasteiger partial charge in [0.15, 0.2) is 0 Å². The maximum atomic E-state index is 12.0. The summed E-state index contributed by atoms with van der Waals surface area (Å²) < 4.78 is 26.8. The van der Waals surface area contributed by atoms with Crippen LogP contribution in [0, 0.1) is 0 Å². The van der Waals surface area contributed by atoms with Crippen molar-refractivity contribution in [1.82, 2.24) is 4.72 Å². The van der Waals surface area contributed by atoms with Gasteiger partial charge in [-0.15, -0.1) is 0 Å². The van der Waals surface area contributed by atoms with E-state index < -0.39 is 10.0 Å². The maximum absolute atomic E-state index is 12.0. The van der Waals surface area contributed by atoms with Gasteiger partial charge in [0, 0.05) is 11.1 Å². The molecule has 18 heavy (non-hydrogen) atoms. The summed E-state index contributed by atoms with van der Waals surface area (Å²) in [5, 5.41) is 0.622. The van der Waals surface area contributed by atoms with Crippen molar-refractivity contribution in [3.8, 4) is 0 Å². The van der Waals surface area contributed by atoms with E-state index in [1.165, 1.54) is 6.42 Å². The summed E-state index contributed by atoms with van der Waals surface area (Å²) >= 11 is 5.77. The molecule has 5 heteroatoms. The van der Waals surface area contributed by atoms with Gasteiger partial charge in [-0.1, -0.05) is 43.0 Å². The Morgan fingerprint density at radius 3 is 2.33 bits per heavy atom. The molecule has 1 aliphatic carbocycles. The van der Waals surface area contributed by atoms with Gasteiger partial charge in [0.25, 0.3) is 0 Å². The molecule has 2 rings (SSSR count). The first kappa shape index (κ1) is 13.8. The molecule has 0 spiro atoms. The van der Waals surface area contributed by atoms with Crippen molar-refractivity contribution in [2.45, 2.75) is 43.9 Å². The van der Waals surface area contributed by atoms with Crippen LogP contribution in [0.1, 0.15) is 37.7 Å². The molecule has 0 radical (unpaired) electrons. The normalized spacial score (nSPS) is 17.8. The second-order valence-electron chi connectivity index (χ2n) is 4.84. The summed E-state index contributed by atoms with van der Waals surface area (Å²) in [7, 11) is -3.24. The smallest absolute Gasteiger partial charge is 0.212 e. The Balaban J connectivity index is 1.96. The van der Waals surface area contributed by atoms with Crippen LogP contribution >= 0.6 is 11.6 Å². The van der Waals surface area contributed by atoms with E-state index in [1.807, 2.05) is 0 Å². The summed E-state index contributed by atoms with van der Waals surface area (Å²) in [5.41, 5.74) is 0.766. The molecule has 1 aromatic rings. The van der Waals surface area contributed by atoms with Gasteiger partial charge in [-0.2, -0.15) is 0 Å². The van der Waals surface area contributed by atoms with Gasteiger partial charge in [0.2, 0.25) is 10.0 Å². The molecule has 3 nitrogen and oxygen atoms in total. The van der Waals surface area contributed by atoms with E-state index in [9.17, 15) is 8.42 Å². The lowest BCUT2D eigenvalue weighted by Crippen LogP contribution is -2.36. The Morgan fingerprint density at radius 1 is 1.11 bits per heavy atom. The van der Waals surface area contributed by atoms with Crippen molar-refractivity contribution < 1.29 is 8.42 Å². The largest absolute Gasteiger partial charge is 0.216 e. The molecule has 0 aliphatic heterocycles. The maximum Gasteiger partial charge on any atom is 0.216 e. The van der Waals surface area contributed by atoms with E-state index in [0.717, 1.165) is 31.2 Å². The first-order valence-electron chi connectivity index (χ1n) is 6.30. The molecule has 0 amide bonds. The van der Waals surface area contributed by atoms with Gasteiger partial charge >= 0.3 is 0 Å². The third-order valence-corrected chi connectivity index (χ3v) is 4.88. The van der Waals surface area contributed by atoms with Gasteiger partial charge in [-0.05, 0) is 30.5 Å². The third kappa shape index (κ3) is 4.26. The first-order chi connectivity index (χ1) is 8.55. The number of hydrogen-bond acceptors (Lipinski definition) is 2. The van der Waals surface area contributed by atoms with Gasteiger partial charge < -0.3 is 0 Å². The minimum atomic E-state index is -3.24. The zero-order valence-electron chi connectivity index (χ0n) is 10.2. The number of sulfonamides is 1. The van der Waals surface area contributed by atoms with Crippen LogP contribution in [0.15, 0.2) is 24.3 Å². The van der Waals surface area contributed by atoms with Crippen LogP contribution in [0.25, 0.3) is 0 Å². The fourth-order valence-corrected chi connectivity index (χ4v) is 3.90. The van der Waals surface area contributed by atoms with Gasteiger partial charge in [-0.3, -0.25) is 0 Å². The number of nitrogens with one attached hydrogen (secondary N) is 1. The topological polar surface area (TPSA) is 46.2 Å². The highest BCUT2D eigenvalue weighted by molar-refractivity contribution is 7.88. The van der Waals surface area contributed by atoms with Crippen molar-refractivity contribution in [1.29, 1.82) is 0 Å². The van der Waals surface area contributed by atoms with E-state index in [2.05, 4.69) is 4.72 Å². The van der Waals surface area contributed by atoms with Crippen LogP contribution in [-0.4, -0.2) is 14.5 Å². The highest BCUT2D eigenvalue weighted by Crippen LogP contribution is 2.19. The molecule has 0 heterocycles. The molecular formula is C13H18ClNO2S. The Labute approximate surface area is 114 Å². The SMILES string of the molecule is O=S(=O)(Cc1ccc(Cl)cc1)NC1CCCCC1. The van der Waals surface area contributed by atoms with Crippen LogP contribution < -0.4 is 4.72 Å². The van der Waals surface area contributed by atoms with E-state index in [-0.39, 0.29) is 11.8 Å². The summed E-state index contributed by atoms with van der Waals surface area (Å²) in [6.45, 7) is 0. The zero-order chi connectivity index (χ0) is 13.0. The highest BCUT2D eigenvalue weighted by Gasteiger charge is 2.20. The standard InChI is InChI=1S/C13H18ClNO2S/c14-12-8-6-11(7-9-12)10-18(16,17)15-13-4-2-1-3-5-13/h6-9,13,15H,1-5,10H2. The molecule has 1 aromatic carbocycles. The molecular weight excluding hydrogens is 270 g/mol. The minimum absolute atomic E-state index is 0.0284. The van der Waals surface area contributed by atoms with Crippen LogP contribution in [0.5, 0.6) is 0 Å². The van der Waals surface area contributed by atoms with Crippen molar-refractivity contribution in [2.24, 2.45) is 0 Å². The fraction of sp³-hybridized carbons (Fsp3) is 0.538. The van der Waals surface area contributed by atoms with E-state index in [4.69, 9.17) is 11.6 Å². The molecule has 0 saturated heterocycles. The van der Waals surface area contributed by atoms with Crippen LogP contribution in [0.4, 0.5) is 0 Å². The molecule has 1 saturated carbocycles. The van der Waals surface area contributed by atoms with Crippen molar-refractivity contribution in [3.63, 3.8) is 0 Å². The van der Waals surface area contributed by atoms with E-state index >= 15 is 0 Å². The second kappa shape index (κ2) is 6.04. The molecule has 1 aliphatic rings. The molecule has 1 N–H and O–H groups in total. The molecule has 1 fully saturated rings. The lowest BCUT2D eigenvalue weighted by Gasteiger charge is -2.22. The number of benzene rings is 1. The zero-order valence-corrected chi connectivity index (χ0v) is 11.8. The number of hydrogen-bond donors (Lipinski definition) is 1. The molecule has 0 unspecified atom stereocenters. The first-order valence-corrected chi connectivity index (χ1v) is 8.33. The summed E-state index contributed by atoms with van der Waals surface area (Å²) in [6.07, 6.45) is 5.37. The van der Waals surface area contributed by atoms with Crippen LogP contribution in [-0.2, 0) is 15.8 Å². The average molecular weight is 288 g/mol. The Hall–Kier alpha value is -0.580. The molecule has 0 aromatic heterocycles. The fourth-order valence-electron chi connectivity index (χ4n) is 2.32. The Bertz CT molecular complexity index is 478. The van der Waals surface area contributed by atoms with Crippen LogP contribution in [0.3, 0.4) is 0 Å². The minimum Gasteiger partial charge on any atom is -0.212 e. The quantitative estimate of drug-likeness (QED) is 0.925. The Morgan fingerprint density at radius 2 is 1.72 bits per heavy atom. The second-order valence-corrected chi connectivity index (χ2v) is 7.03. The molecule has 0 bridgehead atoms. The lowest BCUT2D eigenvalue weighted by atomic mass is 9.96. The number of rotatable bonds is 4. The lowest BCUT2D eigenvalue weighted by molar-refractivity contribution is 0.412. The third-order valence-electron chi connectivity index (χ3n) is 3.22. The van der Waals surface area contributed by atoms with E-state index in [0.29, 0.717) is 5.02 Å². The molecule has 100 valence electrons. The van der Waals surface area contributed by atoms with Gasteiger partial charge in [-0.25, -0.2) is 13.1 Å². The monoisotopic (exact) mass is 287 g/mol. The van der Waals surface area contributed by atoms with Crippen molar-refractivity contribution >= 4 is 21.6 Å².